The molecule has 190 valence electrons. The van der Waals surface area contributed by atoms with Gasteiger partial charge in [-0.05, 0) is 81.6 Å². The van der Waals surface area contributed by atoms with Gasteiger partial charge in [-0.25, -0.2) is 0 Å². The minimum Gasteiger partial charge on any atom is -0.493 e. The summed E-state index contributed by atoms with van der Waals surface area (Å²) in [5.74, 6) is -0.0733. The van der Waals surface area contributed by atoms with Crippen molar-refractivity contribution < 1.29 is 23.9 Å². The lowest BCUT2D eigenvalue weighted by Gasteiger charge is -2.14. The number of rotatable bonds is 8. The number of aryl methyl sites for hydroxylation is 1. The van der Waals surface area contributed by atoms with Crippen molar-refractivity contribution in [2.24, 2.45) is 0 Å². The fraction of sp³-hybridized carbons (Fsp3) is 0.148. The van der Waals surface area contributed by atoms with Crippen LogP contribution in [-0.4, -0.2) is 35.6 Å². The standard InChI is InChI=1S/C27H22BrClN2O5S/c1-16-8-9-19(13-21(16)29)30-24(32)14-31-26(33)23(37-27(31)34)12-18-10-20(28)25(22(11-18)35-2)36-15-17-6-4-3-5-7-17/h3-13H,14-15H2,1-2H3,(H,30,32)/b23-12+. The first-order chi connectivity index (χ1) is 17.7. The summed E-state index contributed by atoms with van der Waals surface area (Å²) < 4.78 is 12.1. The molecule has 0 bridgehead atoms. The first kappa shape index (κ1) is 26.8. The maximum Gasteiger partial charge on any atom is 0.294 e. The second kappa shape index (κ2) is 11.9. The van der Waals surface area contributed by atoms with Crippen molar-refractivity contribution in [1.82, 2.24) is 4.90 Å². The molecule has 1 aliphatic heterocycles. The molecule has 0 atom stereocenters. The highest BCUT2D eigenvalue weighted by molar-refractivity contribution is 9.10. The number of benzene rings is 3. The zero-order valence-corrected chi connectivity index (χ0v) is 23.1. The lowest BCUT2D eigenvalue weighted by molar-refractivity contribution is -0.127. The van der Waals surface area contributed by atoms with E-state index in [1.165, 1.54) is 7.11 Å². The van der Waals surface area contributed by atoms with Gasteiger partial charge in [-0.1, -0.05) is 48.0 Å². The van der Waals surface area contributed by atoms with E-state index in [0.29, 0.717) is 38.9 Å². The van der Waals surface area contributed by atoms with Gasteiger partial charge in [-0.2, -0.15) is 0 Å². The third-order valence-electron chi connectivity index (χ3n) is 5.41. The zero-order chi connectivity index (χ0) is 26.5. The van der Waals surface area contributed by atoms with E-state index in [0.717, 1.165) is 27.8 Å². The van der Waals surface area contributed by atoms with Gasteiger partial charge in [0.1, 0.15) is 13.2 Å². The Hall–Kier alpha value is -3.27. The minimum atomic E-state index is -0.549. The van der Waals surface area contributed by atoms with E-state index in [1.54, 1.807) is 36.4 Å². The first-order valence-electron chi connectivity index (χ1n) is 11.1. The Morgan fingerprint density at radius 1 is 1.14 bits per heavy atom. The fourth-order valence-corrected chi connectivity index (χ4v) is 5.09. The van der Waals surface area contributed by atoms with Crippen LogP contribution in [0.5, 0.6) is 11.5 Å². The number of amides is 3. The quantitative estimate of drug-likeness (QED) is 0.290. The molecule has 7 nitrogen and oxygen atoms in total. The van der Waals surface area contributed by atoms with Crippen LogP contribution in [0.2, 0.25) is 5.02 Å². The highest BCUT2D eigenvalue weighted by atomic mass is 79.9. The van der Waals surface area contributed by atoms with E-state index in [1.807, 2.05) is 37.3 Å². The highest BCUT2D eigenvalue weighted by Crippen LogP contribution is 2.39. The number of halogens is 2. The third kappa shape index (κ3) is 6.54. The van der Waals surface area contributed by atoms with Crippen LogP contribution < -0.4 is 14.8 Å². The molecule has 1 heterocycles. The molecule has 0 spiro atoms. The monoisotopic (exact) mass is 600 g/mol. The van der Waals surface area contributed by atoms with E-state index in [9.17, 15) is 14.4 Å². The van der Waals surface area contributed by atoms with Gasteiger partial charge >= 0.3 is 0 Å². The Balaban J connectivity index is 1.46. The summed E-state index contributed by atoms with van der Waals surface area (Å²) >= 11 is 10.4. The van der Waals surface area contributed by atoms with Crippen LogP contribution in [0.25, 0.3) is 6.08 Å². The number of ether oxygens (including phenoxy) is 2. The van der Waals surface area contributed by atoms with Gasteiger partial charge in [0.15, 0.2) is 11.5 Å². The topological polar surface area (TPSA) is 84.9 Å². The summed E-state index contributed by atoms with van der Waals surface area (Å²) in [5, 5.41) is 2.64. The number of anilines is 1. The third-order valence-corrected chi connectivity index (χ3v) is 7.31. The van der Waals surface area contributed by atoms with Crippen molar-refractivity contribution in [2.75, 3.05) is 19.0 Å². The van der Waals surface area contributed by atoms with Crippen LogP contribution >= 0.6 is 39.3 Å². The van der Waals surface area contributed by atoms with E-state index >= 15 is 0 Å². The minimum absolute atomic E-state index is 0.197. The maximum atomic E-state index is 12.9. The van der Waals surface area contributed by atoms with Gasteiger partial charge in [-0.15, -0.1) is 0 Å². The average molecular weight is 602 g/mol. The average Bonchev–Trinajstić information content (AvgIpc) is 3.13. The van der Waals surface area contributed by atoms with Crippen LogP contribution in [0.1, 0.15) is 16.7 Å². The largest absolute Gasteiger partial charge is 0.493 e. The summed E-state index contributed by atoms with van der Waals surface area (Å²) in [7, 11) is 1.52. The molecule has 3 amide bonds. The molecule has 0 unspecified atom stereocenters. The van der Waals surface area contributed by atoms with Crippen molar-refractivity contribution in [1.29, 1.82) is 0 Å². The number of nitrogens with zero attached hydrogens (tertiary/aromatic N) is 1. The Bertz CT molecular complexity index is 1400. The maximum absolute atomic E-state index is 12.9. The molecule has 3 aromatic carbocycles. The molecule has 3 aromatic rings. The molecule has 1 aliphatic rings. The molecule has 37 heavy (non-hydrogen) atoms. The number of thioether (sulfide) groups is 1. The van der Waals surface area contributed by atoms with Crippen molar-refractivity contribution in [3.63, 3.8) is 0 Å². The summed E-state index contributed by atoms with van der Waals surface area (Å²) in [6.45, 7) is 1.79. The predicted octanol–water partition coefficient (Wildman–Crippen LogP) is 6.67. The molecule has 0 aliphatic carbocycles. The van der Waals surface area contributed by atoms with E-state index in [-0.39, 0.29) is 4.91 Å². The lowest BCUT2D eigenvalue weighted by Crippen LogP contribution is -2.36. The van der Waals surface area contributed by atoms with Gasteiger partial charge in [0, 0.05) is 10.7 Å². The van der Waals surface area contributed by atoms with Gasteiger partial charge in [0.2, 0.25) is 5.91 Å². The van der Waals surface area contributed by atoms with Gasteiger partial charge in [0.25, 0.3) is 11.1 Å². The normalized spacial score (nSPS) is 14.3. The van der Waals surface area contributed by atoms with Gasteiger partial charge in [0.05, 0.1) is 16.5 Å². The van der Waals surface area contributed by atoms with Crippen molar-refractivity contribution in [3.8, 4) is 11.5 Å². The predicted molar refractivity (Wildman–Crippen MR) is 149 cm³/mol. The Labute approximate surface area is 231 Å². The molecule has 4 rings (SSSR count). The zero-order valence-electron chi connectivity index (χ0n) is 19.9. The second-order valence-electron chi connectivity index (χ2n) is 8.09. The number of hydrogen-bond acceptors (Lipinski definition) is 6. The molecule has 1 N–H and O–H groups in total. The number of hydrogen-bond donors (Lipinski definition) is 1. The summed E-state index contributed by atoms with van der Waals surface area (Å²) in [6, 6.07) is 18.3. The van der Waals surface area contributed by atoms with Crippen molar-refractivity contribution >= 4 is 68.1 Å². The van der Waals surface area contributed by atoms with Crippen LogP contribution in [0, 0.1) is 6.92 Å². The Morgan fingerprint density at radius 2 is 1.89 bits per heavy atom. The van der Waals surface area contributed by atoms with Crippen LogP contribution in [0.15, 0.2) is 70.0 Å². The molecule has 0 saturated carbocycles. The summed E-state index contributed by atoms with van der Waals surface area (Å²) in [4.78, 5) is 39.0. The molecule has 1 fully saturated rings. The van der Waals surface area contributed by atoms with E-state index in [2.05, 4.69) is 21.2 Å². The number of methoxy groups -OCH3 is 1. The molecule has 10 heteroatoms. The molecule has 1 saturated heterocycles. The lowest BCUT2D eigenvalue weighted by atomic mass is 10.1. The van der Waals surface area contributed by atoms with Crippen molar-refractivity contribution in [3.05, 3.63) is 91.8 Å². The fourth-order valence-electron chi connectivity index (χ4n) is 3.50. The van der Waals surface area contributed by atoms with Crippen molar-refractivity contribution in [2.45, 2.75) is 13.5 Å². The smallest absolute Gasteiger partial charge is 0.294 e. The van der Waals surface area contributed by atoms with E-state index in [4.69, 9.17) is 21.1 Å². The highest BCUT2D eigenvalue weighted by Gasteiger charge is 2.36. The SMILES string of the molecule is COc1cc(/C=C2/SC(=O)N(CC(=O)Nc3ccc(C)c(Cl)c3)C2=O)cc(Br)c1OCc1ccccc1. The Morgan fingerprint density at radius 3 is 2.59 bits per heavy atom. The molecular formula is C27H22BrClN2O5S. The molecular weight excluding hydrogens is 580 g/mol. The molecule has 0 aromatic heterocycles. The molecule has 0 radical (unpaired) electrons. The number of carbonyl (C=O) groups excluding carboxylic acids is 3. The number of carbonyl (C=O) groups is 3. The second-order valence-corrected chi connectivity index (χ2v) is 10.3. The van der Waals surface area contributed by atoms with Gasteiger partial charge < -0.3 is 14.8 Å². The van der Waals surface area contributed by atoms with Crippen LogP contribution in [0.4, 0.5) is 10.5 Å². The summed E-state index contributed by atoms with van der Waals surface area (Å²) in [6.07, 6.45) is 1.58. The number of nitrogens with one attached hydrogen (secondary N) is 1. The van der Waals surface area contributed by atoms with Crippen LogP contribution in [-0.2, 0) is 16.2 Å². The van der Waals surface area contributed by atoms with Gasteiger partial charge in [-0.3, -0.25) is 19.3 Å². The van der Waals surface area contributed by atoms with E-state index < -0.39 is 23.6 Å². The first-order valence-corrected chi connectivity index (χ1v) is 13.1. The Kier molecular flexibility index (Phi) is 8.58. The van der Waals surface area contributed by atoms with Crippen LogP contribution in [0.3, 0.4) is 0 Å². The number of imide groups is 1. The summed E-state index contributed by atoms with van der Waals surface area (Å²) in [5.41, 5.74) is 2.98.